The van der Waals surface area contributed by atoms with Gasteiger partial charge in [0.05, 0.1) is 4.47 Å². The summed E-state index contributed by atoms with van der Waals surface area (Å²) in [5.74, 6) is 0. The molecule has 1 aromatic rings. The first kappa shape index (κ1) is 8.08. The smallest absolute Gasteiger partial charge is 0.148 e. The Kier molecular flexibility index (Phi) is 2.36. The van der Waals surface area contributed by atoms with Crippen LogP contribution in [0.2, 0.25) is 0 Å². The fourth-order valence-corrected chi connectivity index (χ4v) is 1.68. The summed E-state index contributed by atoms with van der Waals surface area (Å²) in [4.78, 5) is 1.72. The first-order valence-electron chi connectivity index (χ1n) is 2.71. The normalized spacial score (nSPS) is 12.5. The van der Waals surface area contributed by atoms with Crippen LogP contribution >= 0.6 is 31.9 Å². The number of hydrogen-bond donors (Lipinski definition) is 0. The second-order valence-electron chi connectivity index (χ2n) is 1.94. The average molecular weight is 266 g/mol. The third-order valence-corrected chi connectivity index (χ3v) is 2.70. The third-order valence-electron chi connectivity index (χ3n) is 1.30. The lowest BCUT2D eigenvalue weighted by molar-refractivity contribution is 0.501. The molecule has 0 saturated heterocycles. The number of hydrogen-bond acceptors (Lipinski definition) is 1. The molecule has 0 saturated carbocycles. The summed E-state index contributed by atoms with van der Waals surface area (Å²) >= 11 is 6.55. The molecule has 0 aliphatic heterocycles. The number of rotatable bonds is 0. The average Bonchev–Trinajstić information content (AvgIpc) is 2.17. The molecular formula is C7H6Br2O. The van der Waals surface area contributed by atoms with Gasteiger partial charge in [-0.3, -0.25) is 0 Å². The molecule has 0 fully saturated rings. The highest BCUT2D eigenvalue weighted by Crippen LogP contribution is 2.06. The van der Waals surface area contributed by atoms with Crippen LogP contribution in [0.25, 0.3) is 11.6 Å². The Morgan fingerprint density at radius 3 is 2.40 bits per heavy atom. The van der Waals surface area contributed by atoms with Crippen LogP contribution in [0, 0.1) is 6.92 Å². The highest BCUT2D eigenvalue weighted by atomic mass is 79.9. The van der Waals surface area contributed by atoms with Crippen LogP contribution in [-0.2, 0) is 0 Å². The van der Waals surface area contributed by atoms with Crippen LogP contribution < -0.4 is 10.8 Å². The lowest BCUT2D eigenvalue weighted by atomic mass is 10.3. The van der Waals surface area contributed by atoms with E-state index in [1.807, 2.05) is 6.92 Å². The Morgan fingerprint density at radius 2 is 2.20 bits per heavy atom. The second kappa shape index (κ2) is 2.93. The van der Waals surface area contributed by atoms with E-state index in [9.17, 15) is 0 Å². The van der Waals surface area contributed by atoms with Gasteiger partial charge in [0.15, 0.2) is 0 Å². The molecule has 3 heteroatoms. The fraction of sp³-hybridized carbons (Fsp3) is 0.143. The van der Waals surface area contributed by atoms with Crippen LogP contribution in [0.4, 0.5) is 0 Å². The maximum atomic E-state index is 5.23. The maximum Gasteiger partial charge on any atom is 0.148 e. The van der Waals surface area contributed by atoms with Crippen LogP contribution in [0.3, 0.4) is 0 Å². The van der Waals surface area contributed by atoms with Crippen molar-refractivity contribution >= 4 is 43.4 Å². The van der Waals surface area contributed by atoms with Gasteiger partial charge < -0.3 is 4.42 Å². The molecule has 0 N–H and O–H groups in total. The van der Waals surface area contributed by atoms with Crippen LogP contribution in [0.15, 0.2) is 8.89 Å². The van der Waals surface area contributed by atoms with Gasteiger partial charge in [-0.2, -0.15) is 0 Å². The predicted octanol–water partition coefficient (Wildman–Crippen LogP) is 1.89. The Morgan fingerprint density at radius 1 is 1.60 bits per heavy atom. The van der Waals surface area contributed by atoms with E-state index >= 15 is 0 Å². The van der Waals surface area contributed by atoms with Crippen LogP contribution in [-0.4, -0.2) is 0 Å². The van der Waals surface area contributed by atoms with Crippen molar-refractivity contribution in [1.82, 2.24) is 0 Å². The van der Waals surface area contributed by atoms with Gasteiger partial charge in [-0.25, -0.2) is 0 Å². The molecule has 0 spiro atoms. The van der Waals surface area contributed by atoms with Gasteiger partial charge in [-0.05, 0) is 22.9 Å². The number of furan rings is 1. The Balaban J connectivity index is 3.62. The van der Waals surface area contributed by atoms with E-state index in [4.69, 9.17) is 4.42 Å². The van der Waals surface area contributed by atoms with Gasteiger partial charge in [0.2, 0.25) is 0 Å². The number of halogens is 2. The van der Waals surface area contributed by atoms with Gasteiger partial charge in [0, 0.05) is 10.5 Å². The first-order chi connectivity index (χ1) is 4.66. The highest BCUT2D eigenvalue weighted by Gasteiger charge is 2.00. The molecule has 0 aromatic carbocycles. The lowest BCUT2D eigenvalue weighted by Crippen LogP contribution is -1.96. The minimum Gasteiger partial charge on any atom is -0.456 e. The zero-order valence-corrected chi connectivity index (χ0v) is 8.62. The Labute approximate surface area is 75.7 Å². The molecule has 10 heavy (non-hydrogen) atoms. The molecule has 0 atom stereocenters. The van der Waals surface area contributed by atoms with Crippen molar-refractivity contribution in [2.24, 2.45) is 0 Å². The van der Waals surface area contributed by atoms with Gasteiger partial charge in [0.25, 0.3) is 0 Å². The van der Waals surface area contributed by atoms with E-state index in [2.05, 4.69) is 38.4 Å². The Hall–Kier alpha value is -0.0200. The summed E-state index contributed by atoms with van der Waals surface area (Å²) < 4.78 is 6.20. The van der Waals surface area contributed by atoms with Crippen molar-refractivity contribution in [3.05, 3.63) is 20.9 Å². The molecule has 0 aliphatic carbocycles. The molecule has 0 aliphatic rings. The van der Waals surface area contributed by atoms with Crippen molar-refractivity contribution in [1.29, 1.82) is 0 Å². The van der Waals surface area contributed by atoms with Gasteiger partial charge in [-0.1, -0.05) is 22.5 Å². The molecule has 0 radical (unpaired) electrons. The predicted molar refractivity (Wildman–Crippen MR) is 49.3 cm³/mol. The van der Waals surface area contributed by atoms with E-state index in [-0.39, 0.29) is 0 Å². The SMILES string of the molecule is C=c1o/c(=C\Br)c(Br)c1C. The van der Waals surface area contributed by atoms with E-state index in [1.165, 1.54) is 0 Å². The summed E-state index contributed by atoms with van der Waals surface area (Å²) in [6, 6.07) is 0. The highest BCUT2D eigenvalue weighted by molar-refractivity contribution is 9.14. The molecule has 1 nitrogen and oxygen atoms in total. The molecule has 1 rings (SSSR count). The fourth-order valence-electron chi connectivity index (χ4n) is 0.631. The van der Waals surface area contributed by atoms with Gasteiger partial charge in [-0.15, -0.1) is 0 Å². The van der Waals surface area contributed by atoms with Crippen LogP contribution in [0.5, 0.6) is 0 Å². The van der Waals surface area contributed by atoms with Crippen LogP contribution in [0.1, 0.15) is 5.56 Å². The van der Waals surface area contributed by atoms with E-state index in [0.29, 0.717) is 5.42 Å². The van der Waals surface area contributed by atoms with E-state index < -0.39 is 0 Å². The molecule has 0 bridgehead atoms. The van der Waals surface area contributed by atoms with Crippen molar-refractivity contribution in [2.75, 3.05) is 0 Å². The lowest BCUT2D eigenvalue weighted by Gasteiger charge is -1.78. The third kappa shape index (κ3) is 1.20. The largest absolute Gasteiger partial charge is 0.456 e. The van der Waals surface area contributed by atoms with Gasteiger partial charge in [0.1, 0.15) is 10.8 Å². The minimum atomic E-state index is 0.706. The molecule has 0 amide bonds. The monoisotopic (exact) mass is 264 g/mol. The zero-order valence-electron chi connectivity index (χ0n) is 5.45. The topological polar surface area (TPSA) is 13.1 Å². The summed E-state index contributed by atoms with van der Waals surface area (Å²) in [5, 5.41) is 0. The van der Waals surface area contributed by atoms with Crippen molar-refractivity contribution in [3.63, 3.8) is 0 Å². The first-order valence-corrected chi connectivity index (χ1v) is 4.42. The standard InChI is InChI=1S/C7H6Br2O/c1-4-5(2)10-6(3-8)7(4)9/h3H,2H2,1H3/b6-3-. The Bertz CT molecular complexity index is 337. The van der Waals surface area contributed by atoms with Crippen molar-refractivity contribution in [2.45, 2.75) is 6.92 Å². The van der Waals surface area contributed by atoms with Crippen molar-refractivity contribution < 1.29 is 4.42 Å². The summed E-state index contributed by atoms with van der Waals surface area (Å²) in [6.07, 6.45) is 0. The van der Waals surface area contributed by atoms with Gasteiger partial charge >= 0.3 is 0 Å². The van der Waals surface area contributed by atoms with E-state index in [1.54, 1.807) is 4.99 Å². The quantitative estimate of drug-likeness (QED) is 0.698. The van der Waals surface area contributed by atoms with Crippen molar-refractivity contribution in [3.8, 4) is 0 Å². The molecule has 1 heterocycles. The molecular weight excluding hydrogens is 260 g/mol. The molecule has 0 unspecified atom stereocenters. The second-order valence-corrected chi connectivity index (χ2v) is 3.19. The maximum absolute atomic E-state index is 5.23. The molecule has 54 valence electrons. The zero-order chi connectivity index (χ0) is 7.72. The molecule has 1 aromatic heterocycles. The summed E-state index contributed by atoms with van der Waals surface area (Å²) in [6.45, 7) is 5.67. The minimum absolute atomic E-state index is 0.706. The summed E-state index contributed by atoms with van der Waals surface area (Å²) in [5.41, 5.74) is 2.53. The van der Waals surface area contributed by atoms with E-state index in [0.717, 1.165) is 15.5 Å². The summed E-state index contributed by atoms with van der Waals surface area (Å²) in [7, 11) is 0.